The van der Waals surface area contributed by atoms with E-state index in [2.05, 4.69) is 0 Å². The zero-order valence-corrected chi connectivity index (χ0v) is 15.3. The van der Waals surface area contributed by atoms with Crippen LogP contribution >= 0.6 is 11.3 Å². The number of rotatable bonds is 4. The first-order valence-corrected chi connectivity index (χ1v) is 9.30. The van der Waals surface area contributed by atoms with Gasteiger partial charge in [0.25, 0.3) is 11.8 Å². The molecule has 134 valence electrons. The van der Waals surface area contributed by atoms with Gasteiger partial charge in [0.1, 0.15) is 4.88 Å². The monoisotopic (exact) mass is 377 g/mol. The van der Waals surface area contributed by atoms with Crippen LogP contribution < -0.4 is 0 Å². The molecule has 0 atom stereocenters. The van der Waals surface area contributed by atoms with Crippen LogP contribution in [0.2, 0.25) is 0 Å². The highest BCUT2D eigenvalue weighted by Crippen LogP contribution is 2.34. The van der Waals surface area contributed by atoms with Crippen LogP contribution in [0.3, 0.4) is 0 Å². The van der Waals surface area contributed by atoms with Gasteiger partial charge in [-0.25, -0.2) is 4.79 Å². The molecule has 0 saturated carbocycles. The molecular formula is C21H15NO4S. The first kappa shape index (κ1) is 17.2. The average molecular weight is 377 g/mol. The largest absolute Gasteiger partial charge is 0.373 e. The maximum atomic E-state index is 12.6. The van der Waals surface area contributed by atoms with Crippen LogP contribution in [0.4, 0.5) is 0 Å². The van der Waals surface area contributed by atoms with E-state index in [1.54, 1.807) is 18.2 Å². The van der Waals surface area contributed by atoms with Crippen molar-refractivity contribution in [3.8, 4) is 10.4 Å². The maximum Gasteiger partial charge on any atom is 0.373 e. The van der Waals surface area contributed by atoms with Crippen LogP contribution in [0.1, 0.15) is 42.9 Å². The van der Waals surface area contributed by atoms with Crippen LogP contribution in [0.5, 0.6) is 0 Å². The van der Waals surface area contributed by atoms with Gasteiger partial charge in [-0.3, -0.25) is 9.59 Å². The van der Waals surface area contributed by atoms with Crippen LogP contribution in [0.15, 0.2) is 60.7 Å². The highest BCUT2D eigenvalue weighted by Gasteiger charge is 2.39. The summed E-state index contributed by atoms with van der Waals surface area (Å²) in [6.45, 7) is 2.01. The van der Waals surface area contributed by atoms with Crippen LogP contribution in [-0.4, -0.2) is 22.8 Å². The normalized spacial score (nSPS) is 13.0. The number of thiophene rings is 1. The van der Waals surface area contributed by atoms with Crippen molar-refractivity contribution in [2.24, 2.45) is 0 Å². The van der Waals surface area contributed by atoms with Crippen molar-refractivity contribution in [3.63, 3.8) is 0 Å². The molecule has 4 rings (SSSR count). The van der Waals surface area contributed by atoms with Crippen molar-refractivity contribution in [1.29, 1.82) is 0 Å². The molecule has 5 nitrogen and oxygen atoms in total. The van der Waals surface area contributed by atoms with Gasteiger partial charge < -0.3 is 4.84 Å². The summed E-state index contributed by atoms with van der Waals surface area (Å²) < 4.78 is 0. The number of aryl methyl sites for hydroxylation is 1. The number of carbonyl (C=O) groups is 3. The molecule has 6 heteroatoms. The van der Waals surface area contributed by atoms with Crippen molar-refractivity contribution in [1.82, 2.24) is 5.06 Å². The van der Waals surface area contributed by atoms with Gasteiger partial charge in [-0.2, -0.15) is 0 Å². The number of fused-ring (bicyclic) bond motifs is 1. The molecule has 1 aliphatic heterocycles. The SMILES string of the molecule is CCc1cc(C(=O)ON2C(=O)c3ccccc3C2=O)sc1-c1ccccc1. The Bertz CT molecular complexity index is 1020. The molecule has 27 heavy (non-hydrogen) atoms. The van der Waals surface area contributed by atoms with Gasteiger partial charge in [0.2, 0.25) is 0 Å². The van der Waals surface area contributed by atoms with E-state index in [-0.39, 0.29) is 11.1 Å². The van der Waals surface area contributed by atoms with E-state index in [0.29, 0.717) is 9.94 Å². The zero-order valence-electron chi connectivity index (χ0n) is 14.5. The molecule has 2 amide bonds. The van der Waals surface area contributed by atoms with Crippen LogP contribution in [-0.2, 0) is 11.3 Å². The molecule has 0 aliphatic carbocycles. The van der Waals surface area contributed by atoms with E-state index < -0.39 is 17.8 Å². The smallest absolute Gasteiger partial charge is 0.323 e. The summed E-state index contributed by atoms with van der Waals surface area (Å²) >= 11 is 1.29. The lowest BCUT2D eigenvalue weighted by Crippen LogP contribution is -2.32. The highest BCUT2D eigenvalue weighted by molar-refractivity contribution is 7.17. The van der Waals surface area contributed by atoms with E-state index in [9.17, 15) is 14.4 Å². The van der Waals surface area contributed by atoms with E-state index in [4.69, 9.17) is 4.84 Å². The zero-order chi connectivity index (χ0) is 19.0. The Morgan fingerprint density at radius 3 is 2.15 bits per heavy atom. The number of carbonyl (C=O) groups excluding carboxylic acids is 3. The Kier molecular flexibility index (Phi) is 4.33. The Morgan fingerprint density at radius 2 is 1.56 bits per heavy atom. The molecule has 1 aliphatic rings. The number of hydrogen-bond donors (Lipinski definition) is 0. The number of hydroxylamine groups is 2. The maximum absolute atomic E-state index is 12.6. The summed E-state index contributed by atoms with van der Waals surface area (Å²) in [5.41, 5.74) is 2.50. The minimum Gasteiger partial charge on any atom is -0.323 e. The van der Waals surface area contributed by atoms with E-state index in [1.807, 2.05) is 37.3 Å². The van der Waals surface area contributed by atoms with Crippen molar-refractivity contribution < 1.29 is 19.2 Å². The summed E-state index contributed by atoms with van der Waals surface area (Å²) in [5.74, 6) is -1.97. The lowest BCUT2D eigenvalue weighted by molar-refractivity contribution is -0.0581. The third-order valence-corrected chi connectivity index (χ3v) is 5.56. The summed E-state index contributed by atoms with van der Waals surface area (Å²) in [4.78, 5) is 43.8. The fourth-order valence-electron chi connectivity index (χ4n) is 3.00. The lowest BCUT2D eigenvalue weighted by Gasteiger charge is -2.11. The standard InChI is InChI=1S/C21H15NO4S/c1-2-13-12-17(27-18(13)14-8-4-3-5-9-14)21(25)26-22-19(23)15-10-6-7-11-16(15)20(22)24/h3-12H,2H2,1H3. The first-order valence-electron chi connectivity index (χ1n) is 8.48. The molecular weight excluding hydrogens is 362 g/mol. The van der Waals surface area contributed by atoms with E-state index >= 15 is 0 Å². The third kappa shape index (κ3) is 2.94. The minimum absolute atomic E-state index is 0.237. The van der Waals surface area contributed by atoms with Crippen molar-refractivity contribution in [3.05, 3.63) is 82.2 Å². The second kappa shape index (κ2) is 6.81. The molecule has 2 aromatic carbocycles. The van der Waals surface area contributed by atoms with E-state index in [0.717, 1.165) is 22.4 Å². The predicted octanol–water partition coefficient (Wildman–Crippen LogP) is 4.35. The van der Waals surface area contributed by atoms with Crippen molar-refractivity contribution in [2.45, 2.75) is 13.3 Å². The molecule has 0 spiro atoms. The molecule has 0 unspecified atom stereocenters. The minimum atomic E-state index is -0.716. The van der Waals surface area contributed by atoms with Gasteiger partial charge in [-0.15, -0.1) is 11.3 Å². The van der Waals surface area contributed by atoms with Crippen LogP contribution in [0.25, 0.3) is 10.4 Å². The number of nitrogens with zero attached hydrogens (tertiary/aromatic N) is 1. The summed E-state index contributed by atoms with van der Waals surface area (Å²) in [7, 11) is 0. The number of benzene rings is 2. The van der Waals surface area contributed by atoms with Gasteiger partial charge >= 0.3 is 5.97 Å². The topological polar surface area (TPSA) is 63.7 Å². The molecule has 2 heterocycles. The van der Waals surface area contributed by atoms with Gasteiger partial charge in [0.15, 0.2) is 0 Å². The highest BCUT2D eigenvalue weighted by atomic mass is 32.1. The summed E-state index contributed by atoms with van der Waals surface area (Å²) in [6, 6.07) is 17.9. The Balaban J connectivity index is 1.61. The quantitative estimate of drug-likeness (QED) is 0.634. The van der Waals surface area contributed by atoms with Crippen molar-refractivity contribution >= 4 is 29.1 Å². The van der Waals surface area contributed by atoms with Gasteiger partial charge in [0, 0.05) is 4.88 Å². The molecule has 0 N–H and O–H groups in total. The number of hydrogen-bond acceptors (Lipinski definition) is 5. The molecule has 0 fully saturated rings. The first-order chi connectivity index (χ1) is 13.1. The van der Waals surface area contributed by atoms with Gasteiger partial charge in [0.05, 0.1) is 11.1 Å². The number of imide groups is 1. The molecule has 1 aromatic heterocycles. The van der Waals surface area contributed by atoms with E-state index in [1.165, 1.54) is 23.5 Å². The Morgan fingerprint density at radius 1 is 0.963 bits per heavy atom. The summed E-state index contributed by atoms with van der Waals surface area (Å²) in [5, 5.41) is 0.542. The fourth-order valence-corrected chi connectivity index (χ4v) is 4.13. The predicted molar refractivity (Wildman–Crippen MR) is 101 cm³/mol. The Labute approximate surface area is 159 Å². The average Bonchev–Trinajstić information content (AvgIpc) is 3.25. The fraction of sp³-hybridized carbons (Fsp3) is 0.0952. The molecule has 0 bridgehead atoms. The van der Waals surface area contributed by atoms with Gasteiger partial charge in [-0.05, 0) is 35.7 Å². The molecule has 0 radical (unpaired) electrons. The number of amides is 2. The molecule has 3 aromatic rings. The Hall–Kier alpha value is -3.25. The van der Waals surface area contributed by atoms with Crippen molar-refractivity contribution in [2.75, 3.05) is 0 Å². The van der Waals surface area contributed by atoms with Gasteiger partial charge in [-0.1, -0.05) is 54.5 Å². The second-order valence-corrected chi connectivity index (χ2v) is 7.07. The van der Waals surface area contributed by atoms with Crippen LogP contribution in [0, 0.1) is 0 Å². The lowest BCUT2D eigenvalue weighted by atomic mass is 10.1. The summed E-state index contributed by atoms with van der Waals surface area (Å²) in [6.07, 6.45) is 0.751. The second-order valence-electron chi connectivity index (χ2n) is 6.01. The third-order valence-electron chi connectivity index (χ3n) is 4.36. The molecule has 0 saturated heterocycles.